The van der Waals surface area contributed by atoms with E-state index in [0.29, 0.717) is 136 Å². The Morgan fingerprint density at radius 1 is 0.480 bits per heavy atom. The lowest BCUT2D eigenvalue weighted by Crippen LogP contribution is -2.50. The number of aromatic nitrogens is 9. The molecule has 0 spiro atoms. The first-order valence-corrected chi connectivity index (χ1v) is 41.5. The van der Waals surface area contributed by atoms with Crippen LogP contribution in [0.25, 0.3) is 0 Å². The van der Waals surface area contributed by atoms with Gasteiger partial charge in [0.05, 0.1) is 48.0 Å². The molecule has 2 unspecified atom stereocenters. The standard InChI is InChI=1S/C41H47F2N9O7.2C24H29FN6O3/c1-3-49-22-31(39(55)56)37(53)30-20-32(43)36(21-35(30)49)50-15-17-51(18-16-50)41(58)59-24-27-8-12-29(13-9-27)46-38(54)34(5-4-14-45-40(44)57)52-23-33(47-48-52)25(2)19-26-6-10-28(42)11-7-26;2*1-16(13-17-4-8-19(25)9-5-17)21-14-31(30-29-21)22(3-2-12-27-24(26)34)23(33)28-20-10-6-18(15-32)7-11-20/h6-13,20-23,25,30,34-35H,3-5,14-19,24H2,1-2H3,(H,46,54)(H,55,56)(H3,44,45,57);2*4-11,14,16,22,32H,2-3,12-13,15H2,1H3,(H,28,33)(H3,26,27,34)/t25-,30?,34-,35?;16-,22+;16-,22-/m010/s1. The molecule has 8 atom stereocenters. The van der Waals surface area contributed by atoms with E-state index in [1.807, 2.05) is 27.7 Å². The summed E-state index contributed by atoms with van der Waals surface area (Å²) in [6.07, 6.45) is 13.3. The summed E-state index contributed by atoms with van der Waals surface area (Å²) in [5, 5.41) is 69.5. The molecule has 1 saturated heterocycles. The van der Waals surface area contributed by atoms with Crippen LogP contribution in [0.5, 0.6) is 0 Å². The van der Waals surface area contributed by atoms with E-state index in [-0.39, 0.29) is 98.0 Å². The number of fused-ring (bicyclic) bond motifs is 1. The number of likely N-dealkylation sites (N-methyl/N-ethyl adjacent to an activating group) is 1. The average molecular weight is 1750 g/mol. The molecule has 0 radical (unpaired) electrons. The van der Waals surface area contributed by atoms with Crippen LogP contribution < -0.4 is 49.1 Å². The number of ether oxygens (including phenoxy) is 1. The molecule has 9 aromatic rings. The number of hydrogen-bond donors (Lipinski definition) is 12. The van der Waals surface area contributed by atoms with E-state index in [1.54, 1.807) is 144 Å². The monoisotopic (exact) mass is 1750 g/mol. The lowest BCUT2D eigenvalue weighted by molar-refractivity contribution is -0.136. The molecule has 10 amide bonds. The first kappa shape index (κ1) is 95.1. The van der Waals surface area contributed by atoms with Gasteiger partial charge in [-0.25, -0.2) is 55.6 Å². The minimum Gasteiger partial charge on any atom is -0.478 e. The number of amides is 10. The molecule has 0 saturated carbocycles. The van der Waals surface area contributed by atoms with Gasteiger partial charge in [0.2, 0.25) is 17.7 Å². The molecular formula is C89H105F4N21O13. The Labute approximate surface area is 730 Å². The first-order valence-electron chi connectivity index (χ1n) is 41.5. The van der Waals surface area contributed by atoms with E-state index in [9.17, 15) is 71.6 Å². The fraction of sp³-hybridized carbons (Fsp3) is 0.360. The number of nitrogens with two attached hydrogens (primary N) is 3. The van der Waals surface area contributed by atoms with Crippen molar-refractivity contribution in [2.24, 2.45) is 23.1 Å². The van der Waals surface area contributed by atoms with Gasteiger partial charge >= 0.3 is 30.2 Å². The van der Waals surface area contributed by atoms with Crippen LogP contribution in [0.3, 0.4) is 0 Å². The fourth-order valence-corrected chi connectivity index (χ4v) is 14.5. The number of rotatable bonds is 37. The molecular weight excluding hydrogens is 1650 g/mol. The zero-order valence-corrected chi connectivity index (χ0v) is 70.6. The minimum atomic E-state index is -1.35. The molecule has 0 bridgehead atoms. The van der Waals surface area contributed by atoms with Crippen LogP contribution in [0.15, 0.2) is 200 Å². The van der Waals surface area contributed by atoms with Crippen LogP contribution in [0.2, 0.25) is 0 Å². The number of hydrogen-bond acceptors (Lipinski definition) is 20. The van der Waals surface area contributed by atoms with Gasteiger partial charge in [-0.05, 0) is 183 Å². The largest absolute Gasteiger partial charge is 0.478 e. The van der Waals surface area contributed by atoms with Gasteiger partial charge < -0.3 is 83.9 Å². The highest BCUT2D eigenvalue weighted by Gasteiger charge is 2.42. The third-order valence-electron chi connectivity index (χ3n) is 21.6. The summed E-state index contributed by atoms with van der Waals surface area (Å²) >= 11 is 0. The second kappa shape index (κ2) is 46.5. The van der Waals surface area contributed by atoms with Crippen molar-refractivity contribution in [3.8, 4) is 0 Å². The number of Topliss-reactive ketones (excluding diaryl/α,β-unsaturated/α-hetero) is 1. The first-order chi connectivity index (χ1) is 61.0. The summed E-state index contributed by atoms with van der Waals surface area (Å²) in [5.74, 6) is -5.39. The molecule has 12 rings (SSSR count). The van der Waals surface area contributed by atoms with Crippen molar-refractivity contribution in [3.63, 3.8) is 0 Å². The second-order valence-electron chi connectivity index (χ2n) is 30.9. The van der Waals surface area contributed by atoms with Gasteiger partial charge in [0.15, 0.2) is 5.78 Å². The summed E-state index contributed by atoms with van der Waals surface area (Å²) in [6.45, 7) is 10.1. The highest BCUT2D eigenvalue weighted by molar-refractivity contribution is 6.18. The van der Waals surface area contributed by atoms with E-state index >= 15 is 4.39 Å². The highest BCUT2D eigenvalue weighted by Crippen LogP contribution is 2.36. The van der Waals surface area contributed by atoms with E-state index in [4.69, 9.17) is 21.9 Å². The lowest BCUT2D eigenvalue weighted by Gasteiger charge is -2.42. The number of ketones is 1. The van der Waals surface area contributed by atoms with Crippen molar-refractivity contribution >= 4 is 70.7 Å². The number of benzene rings is 6. The van der Waals surface area contributed by atoms with E-state index in [0.717, 1.165) is 27.8 Å². The number of aliphatic hydroxyl groups excluding tert-OH is 2. The third kappa shape index (κ3) is 28.2. The molecule has 672 valence electrons. The Morgan fingerprint density at radius 3 is 1.14 bits per heavy atom. The van der Waals surface area contributed by atoms with Crippen molar-refractivity contribution in [1.29, 1.82) is 0 Å². The predicted molar refractivity (Wildman–Crippen MR) is 461 cm³/mol. The summed E-state index contributed by atoms with van der Waals surface area (Å²) in [7, 11) is 0. The number of carboxylic acids is 1. The summed E-state index contributed by atoms with van der Waals surface area (Å²) < 4.78 is 65.2. The third-order valence-corrected chi connectivity index (χ3v) is 21.6. The fourth-order valence-electron chi connectivity index (χ4n) is 14.5. The van der Waals surface area contributed by atoms with Gasteiger partial charge in [0.25, 0.3) is 0 Å². The van der Waals surface area contributed by atoms with Crippen molar-refractivity contribution in [2.45, 2.75) is 147 Å². The molecule has 127 heavy (non-hydrogen) atoms. The van der Waals surface area contributed by atoms with Gasteiger partial charge in [-0.1, -0.05) is 109 Å². The number of urea groups is 3. The molecule has 15 N–H and O–H groups in total. The Kier molecular flexibility index (Phi) is 34.8. The van der Waals surface area contributed by atoms with Crippen LogP contribution in [0.4, 0.5) is 53.8 Å². The smallest absolute Gasteiger partial charge is 0.410 e. The molecule has 3 aliphatic rings. The number of carboxylic acid groups (broad SMARTS) is 1. The number of primary amides is 3. The number of nitrogens with one attached hydrogen (secondary N) is 6. The number of carbonyl (C=O) groups is 9. The number of aliphatic hydroxyl groups is 2. The number of carbonyl (C=O) groups excluding carboxylic acids is 8. The zero-order chi connectivity index (χ0) is 91.2. The summed E-state index contributed by atoms with van der Waals surface area (Å²) in [5.41, 5.74) is 24.2. The molecule has 5 heterocycles. The number of aliphatic carboxylic acids is 1. The summed E-state index contributed by atoms with van der Waals surface area (Å²) in [6, 6.07) is 34.9. The van der Waals surface area contributed by atoms with Crippen molar-refractivity contribution in [2.75, 3.05) is 68.3 Å². The normalized spacial score (nSPS) is 15.5. The van der Waals surface area contributed by atoms with Gasteiger partial charge in [0, 0.05) is 112 Å². The molecule has 2 aliphatic heterocycles. The van der Waals surface area contributed by atoms with Crippen molar-refractivity contribution in [1.82, 2.24) is 75.6 Å². The van der Waals surface area contributed by atoms with Crippen LogP contribution in [-0.2, 0) is 67.8 Å². The molecule has 3 aromatic heterocycles. The molecule has 6 aromatic carbocycles. The van der Waals surface area contributed by atoms with E-state index < -0.39 is 71.9 Å². The van der Waals surface area contributed by atoms with Crippen LogP contribution in [0, 0.1) is 23.4 Å². The number of piperazine rings is 1. The zero-order valence-electron chi connectivity index (χ0n) is 70.6. The predicted octanol–water partition coefficient (Wildman–Crippen LogP) is 10.0. The maximum Gasteiger partial charge on any atom is 0.410 e. The highest BCUT2D eigenvalue weighted by atomic mass is 19.1. The Morgan fingerprint density at radius 2 is 0.819 bits per heavy atom. The molecule has 1 fully saturated rings. The van der Waals surface area contributed by atoms with Crippen LogP contribution in [-0.4, -0.2) is 187 Å². The Hall–Kier alpha value is -14.2. The topological polar surface area (TPSA) is 476 Å². The van der Waals surface area contributed by atoms with Crippen LogP contribution >= 0.6 is 0 Å². The number of halogens is 4. The molecule has 1 aliphatic carbocycles. The number of allylic oxidation sites excluding steroid dienone is 1. The van der Waals surface area contributed by atoms with E-state index in [1.165, 1.54) is 67.6 Å². The van der Waals surface area contributed by atoms with Gasteiger partial charge in [-0.2, -0.15) is 0 Å². The summed E-state index contributed by atoms with van der Waals surface area (Å²) in [4.78, 5) is 115. The van der Waals surface area contributed by atoms with Crippen LogP contribution in [0.1, 0.15) is 153 Å². The van der Waals surface area contributed by atoms with E-state index in [2.05, 4.69) is 62.8 Å². The SMILES string of the molecule is CCN1C=C(C(=O)O)C(=O)C2C=C(F)C(N3CCN(C(=O)OCc4ccc(NC(=O)[C@H](CCCNC(N)=O)n5cc([C@@H](C)Cc6ccc(F)cc6)nn5)cc4)CC3)=CC21.C[C@@H](Cc1ccc(F)cc1)c1cn([C@@H](CCCNC(N)=O)C(=O)Nc2ccc(CO)cc2)nn1.C[C@H](Cc1ccc(F)cc1)c1cn([C@@H](CCCNC(N)=O)C(=O)Nc2ccc(CO)cc2)nn1. The minimum absolute atomic E-state index is 0.00507. The van der Waals surface area contributed by atoms with Gasteiger partial charge in [-0.15, -0.1) is 15.3 Å². The maximum atomic E-state index is 15.4. The average Bonchev–Trinajstić information content (AvgIpc) is 1.67. The Bertz CT molecular complexity index is 5120. The quantitative estimate of drug-likeness (QED) is 0.00978. The second-order valence-corrected chi connectivity index (χ2v) is 30.9. The Balaban J connectivity index is 0.000000212. The van der Waals surface area contributed by atoms with Crippen molar-refractivity contribution < 1.29 is 80.8 Å². The lowest BCUT2D eigenvalue weighted by atomic mass is 9.82. The molecule has 38 heteroatoms. The van der Waals surface area contributed by atoms with Gasteiger partial charge in [-0.3, -0.25) is 19.2 Å². The number of nitrogens with zero attached hydrogens (tertiary/aromatic N) is 12. The number of anilines is 3. The van der Waals surface area contributed by atoms with Gasteiger partial charge in [0.1, 0.15) is 53.6 Å². The maximum absolute atomic E-state index is 15.4. The molecule has 34 nitrogen and oxygen atoms in total. The van der Waals surface area contributed by atoms with Crippen molar-refractivity contribution in [3.05, 3.63) is 268 Å².